The van der Waals surface area contributed by atoms with Crippen LogP contribution in [-0.2, 0) is 4.79 Å². The van der Waals surface area contributed by atoms with Crippen molar-refractivity contribution in [1.82, 2.24) is 0 Å². The van der Waals surface area contributed by atoms with Crippen LogP contribution in [0, 0.1) is 0 Å². The maximum Gasteiger partial charge on any atom is 0.328 e. The Hall–Kier alpha value is -1.84. The molecule has 0 spiro atoms. The highest BCUT2D eigenvalue weighted by atomic mass is 16.5. The minimum Gasteiger partial charge on any atom is -0.497 e. The first-order chi connectivity index (χ1) is 7.13. The zero-order valence-electron chi connectivity index (χ0n) is 8.68. The number of aliphatic imine (C=N–C) groups is 1. The van der Waals surface area contributed by atoms with Gasteiger partial charge in [0.2, 0.25) is 0 Å². The molecule has 4 nitrogen and oxygen atoms in total. The average Bonchev–Trinajstić information content (AvgIpc) is 2.26. The third-order valence-corrected chi connectivity index (χ3v) is 1.92. The maximum atomic E-state index is 10.5. The van der Waals surface area contributed by atoms with Crippen LogP contribution in [0.3, 0.4) is 0 Å². The Bertz CT molecular complexity index is 357. The quantitative estimate of drug-likeness (QED) is 0.762. The number of carboxylic acid groups (broad SMARTS) is 1. The number of hydrogen-bond acceptors (Lipinski definition) is 3. The average molecular weight is 207 g/mol. The van der Waals surface area contributed by atoms with Crippen molar-refractivity contribution in [2.45, 2.75) is 13.0 Å². The largest absolute Gasteiger partial charge is 0.497 e. The Morgan fingerprint density at radius 3 is 2.53 bits per heavy atom. The van der Waals surface area contributed by atoms with Crippen molar-refractivity contribution in [1.29, 1.82) is 0 Å². The second-order valence-corrected chi connectivity index (χ2v) is 3.07. The van der Waals surface area contributed by atoms with Gasteiger partial charge in [-0.1, -0.05) is 0 Å². The van der Waals surface area contributed by atoms with Crippen LogP contribution in [0.4, 0.5) is 0 Å². The van der Waals surface area contributed by atoms with Crippen LogP contribution in [0.5, 0.6) is 5.75 Å². The molecule has 0 aliphatic heterocycles. The van der Waals surface area contributed by atoms with E-state index in [-0.39, 0.29) is 0 Å². The molecule has 0 radical (unpaired) electrons. The predicted octanol–water partition coefficient (Wildman–Crippen LogP) is 1.59. The molecule has 15 heavy (non-hydrogen) atoms. The van der Waals surface area contributed by atoms with Crippen LogP contribution in [0.25, 0.3) is 0 Å². The van der Waals surface area contributed by atoms with Crippen molar-refractivity contribution in [3.63, 3.8) is 0 Å². The highest BCUT2D eigenvalue weighted by Crippen LogP contribution is 2.09. The van der Waals surface area contributed by atoms with Gasteiger partial charge in [-0.2, -0.15) is 0 Å². The molecule has 0 bridgehead atoms. The molecule has 0 fully saturated rings. The highest BCUT2D eigenvalue weighted by Gasteiger charge is 2.06. The Kier molecular flexibility index (Phi) is 3.85. The summed E-state index contributed by atoms with van der Waals surface area (Å²) in [6, 6.07) is 6.51. The topological polar surface area (TPSA) is 58.9 Å². The molecule has 1 N–H and O–H groups in total. The minimum atomic E-state index is -0.931. The Labute approximate surface area is 88.2 Å². The molecule has 0 saturated carbocycles. The number of rotatable bonds is 4. The summed E-state index contributed by atoms with van der Waals surface area (Å²) in [5.74, 6) is -0.168. The lowest BCUT2D eigenvalue weighted by atomic mass is 10.2. The molecule has 1 atom stereocenters. The van der Waals surface area contributed by atoms with Gasteiger partial charge in [0.1, 0.15) is 11.8 Å². The molecular weight excluding hydrogens is 194 g/mol. The first-order valence-electron chi connectivity index (χ1n) is 4.53. The van der Waals surface area contributed by atoms with E-state index >= 15 is 0 Å². The summed E-state index contributed by atoms with van der Waals surface area (Å²) in [7, 11) is 1.59. The number of ether oxygens (including phenoxy) is 1. The molecule has 0 aromatic heterocycles. The minimum absolute atomic E-state index is 0.716. The first-order valence-corrected chi connectivity index (χ1v) is 4.53. The fourth-order valence-corrected chi connectivity index (χ4v) is 0.952. The van der Waals surface area contributed by atoms with Gasteiger partial charge < -0.3 is 9.84 Å². The smallest absolute Gasteiger partial charge is 0.328 e. The van der Waals surface area contributed by atoms with Crippen molar-refractivity contribution in [3.05, 3.63) is 29.8 Å². The lowest BCUT2D eigenvalue weighted by molar-refractivity contribution is -0.137. The normalized spacial score (nSPS) is 12.7. The molecule has 1 aromatic rings. The van der Waals surface area contributed by atoms with Gasteiger partial charge in [0.15, 0.2) is 0 Å². The predicted molar refractivity (Wildman–Crippen MR) is 57.7 cm³/mol. The number of aliphatic carboxylic acids is 1. The molecule has 1 aromatic carbocycles. The summed E-state index contributed by atoms with van der Waals surface area (Å²) in [4.78, 5) is 14.4. The molecule has 0 unspecified atom stereocenters. The van der Waals surface area contributed by atoms with E-state index in [1.54, 1.807) is 19.2 Å². The van der Waals surface area contributed by atoms with E-state index < -0.39 is 12.0 Å². The maximum absolute atomic E-state index is 10.5. The second-order valence-electron chi connectivity index (χ2n) is 3.07. The Morgan fingerprint density at radius 1 is 1.47 bits per heavy atom. The van der Waals surface area contributed by atoms with Crippen molar-refractivity contribution in [3.8, 4) is 5.75 Å². The monoisotopic (exact) mass is 207 g/mol. The van der Waals surface area contributed by atoms with Gasteiger partial charge >= 0.3 is 5.97 Å². The van der Waals surface area contributed by atoms with E-state index in [1.165, 1.54) is 13.1 Å². The lowest BCUT2D eigenvalue weighted by Gasteiger charge is -2.00. The van der Waals surface area contributed by atoms with Gasteiger partial charge in [0.25, 0.3) is 0 Å². The van der Waals surface area contributed by atoms with E-state index in [0.29, 0.717) is 0 Å². The Balaban J connectivity index is 2.68. The molecule has 0 saturated heterocycles. The number of carbonyl (C=O) groups is 1. The number of carboxylic acids is 1. The molecule has 0 aliphatic rings. The van der Waals surface area contributed by atoms with Crippen molar-refractivity contribution in [2.24, 2.45) is 4.99 Å². The molecule has 80 valence electrons. The van der Waals surface area contributed by atoms with E-state index in [2.05, 4.69) is 4.99 Å². The van der Waals surface area contributed by atoms with Crippen LogP contribution < -0.4 is 4.74 Å². The summed E-state index contributed by atoms with van der Waals surface area (Å²) >= 11 is 0. The van der Waals surface area contributed by atoms with Gasteiger partial charge in [0.05, 0.1) is 7.11 Å². The SMILES string of the molecule is COc1ccc(/C=N/[C@@H](C)C(=O)O)cc1. The Morgan fingerprint density at radius 2 is 2.07 bits per heavy atom. The first kappa shape index (κ1) is 11.2. The molecule has 1 rings (SSSR count). The van der Waals surface area contributed by atoms with Crippen molar-refractivity contribution < 1.29 is 14.6 Å². The zero-order chi connectivity index (χ0) is 11.3. The summed E-state index contributed by atoms with van der Waals surface area (Å²) in [6.45, 7) is 1.53. The number of methoxy groups -OCH3 is 1. The summed E-state index contributed by atoms with van der Waals surface area (Å²) < 4.78 is 4.99. The van der Waals surface area contributed by atoms with Gasteiger partial charge in [-0.15, -0.1) is 0 Å². The van der Waals surface area contributed by atoms with Crippen LogP contribution in [0.15, 0.2) is 29.3 Å². The van der Waals surface area contributed by atoms with E-state index in [4.69, 9.17) is 9.84 Å². The van der Waals surface area contributed by atoms with Crippen LogP contribution in [0.1, 0.15) is 12.5 Å². The zero-order valence-corrected chi connectivity index (χ0v) is 8.68. The van der Waals surface area contributed by atoms with Crippen LogP contribution in [-0.4, -0.2) is 30.4 Å². The number of benzene rings is 1. The molecular formula is C11H13NO3. The van der Waals surface area contributed by atoms with Gasteiger partial charge in [-0.3, -0.25) is 4.99 Å². The van der Waals surface area contributed by atoms with Crippen LogP contribution in [0.2, 0.25) is 0 Å². The fourth-order valence-electron chi connectivity index (χ4n) is 0.952. The third kappa shape index (κ3) is 3.42. The standard InChI is InChI=1S/C11H13NO3/c1-8(11(13)14)12-7-9-3-5-10(15-2)6-4-9/h3-8H,1-2H3,(H,13,14)/b12-7+/t8-/m0/s1. The number of hydrogen-bond donors (Lipinski definition) is 1. The van der Waals surface area contributed by atoms with Gasteiger partial charge in [-0.05, 0) is 36.8 Å². The molecule has 0 amide bonds. The highest BCUT2D eigenvalue weighted by molar-refractivity contribution is 5.83. The number of nitrogens with zero attached hydrogens (tertiary/aromatic N) is 1. The lowest BCUT2D eigenvalue weighted by Crippen LogP contribution is -2.13. The van der Waals surface area contributed by atoms with Crippen LogP contribution >= 0.6 is 0 Å². The van der Waals surface area contributed by atoms with E-state index in [0.717, 1.165) is 11.3 Å². The summed E-state index contributed by atoms with van der Waals surface area (Å²) in [5, 5.41) is 8.61. The molecule has 0 heterocycles. The molecule has 4 heteroatoms. The molecule has 0 aliphatic carbocycles. The summed E-state index contributed by atoms with van der Waals surface area (Å²) in [6.07, 6.45) is 1.54. The van der Waals surface area contributed by atoms with E-state index in [1.807, 2.05) is 12.1 Å². The van der Waals surface area contributed by atoms with Crippen molar-refractivity contribution >= 4 is 12.2 Å². The second kappa shape index (κ2) is 5.14. The fraction of sp³-hybridized carbons (Fsp3) is 0.273. The van der Waals surface area contributed by atoms with E-state index in [9.17, 15) is 4.79 Å². The van der Waals surface area contributed by atoms with Gasteiger partial charge in [0, 0.05) is 6.21 Å². The van der Waals surface area contributed by atoms with Crippen molar-refractivity contribution in [2.75, 3.05) is 7.11 Å². The summed E-state index contributed by atoms with van der Waals surface area (Å²) in [5.41, 5.74) is 0.851. The van der Waals surface area contributed by atoms with Gasteiger partial charge in [-0.25, -0.2) is 4.79 Å². The third-order valence-electron chi connectivity index (χ3n) is 1.92.